The lowest BCUT2D eigenvalue weighted by Crippen LogP contribution is -2.21. The standard InChI is InChI=1S/C21H16FN3O3S/c1-12-16-9-19(29-21(16)25(24-12)15-5-3-14(22)4-6-15)20(26)23-10-13-2-7-17-18(8-13)28-11-27-17/h2-9H,10-11H2,1H3,(H,23,26). The van der Waals surface area contributed by atoms with Gasteiger partial charge in [-0.05, 0) is 55.0 Å². The van der Waals surface area contributed by atoms with Gasteiger partial charge in [0.2, 0.25) is 6.79 Å². The predicted molar refractivity (Wildman–Crippen MR) is 107 cm³/mol. The van der Waals surface area contributed by atoms with E-state index in [1.54, 1.807) is 16.8 Å². The van der Waals surface area contributed by atoms with Crippen molar-refractivity contribution in [1.82, 2.24) is 15.1 Å². The Balaban J connectivity index is 1.38. The van der Waals surface area contributed by atoms with Crippen LogP contribution in [0, 0.1) is 12.7 Å². The zero-order chi connectivity index (χ0) is 20.0. The van der Waals surface area contributed by atoms with Crippen molar-refractivity contribution >= 4 is 27.5 Å². The molecule has 2 aromatic heterocycles. The van der Waals surface area contributed by atoms with Gasteiger partial charge in [-0.15, -0.1) is 11.3 Å². The van der Waals surface area contributed by atoms with Gasteiger partial charge in [-0.25, -0.2) is 9.07 Å². The van der Waals surface area contributed by atoms with Crippen LogP contribution in [0.4, 0.5) is 4.39 Å². The molecule has 8 heteroatoms. The van der Waals surface area contributed by atoms with E-state index in [4.69, 9.17) is 9.47 Å². The third kappa shape index (κ3) is 3.21. The molecule has 0 fully saturated rings. The molecule has 6 nitrogen and oxygen atoms in total. The number of aromatic nitrogens is 2. The SMILES string of the molecule is Cc1nn(-c2ccc(F)cc2)c2sc(C(=O)NCc3ccc4c(c3)OCO4)cc12. The minimum Gasteiger partial charge on any atom is -0.454 e. The fraction of sp³-hybridized carbons (Fsp3) is 0.143. The number of thiophene rings is 1. The zero-order valence-electron chi connectivity index (χ0n) is 15.4. The summed E-state index contributed by atoms with van der Waals surface area (Å²) >= 11 is 1.36. The maximum atomic E-state index is 13.2. The number of nitrogens with one attached hydrogen (secondary N) is 1. The number of rotatable bonds is 4. The summed E-state index contributed by atoms with van der Waals surface area (Å²) in [6.07, 6.45) is 0. The summed E-state index contributed by atoms with van der Waals surface area (Å²) < 4.78 is 25.6. The number of hydrogen-bond donors (Lipinski definition) is 1. The summed E-state index contributed by atoms with van der Waals surface area (Å²) in [6.45, 7) is 2.49. The summed E-state index contributed by atoms with van der Waals surface area (Å²) in [4.78, 5) is 14.1. The molecule has 1 aliphatic heterocycles. The van der Waals surface area contributed by atoms with E-state index < -0.39 is 0 Å². The highest BCUT2D eigenvalue weighted by molar-refractivity contribution is 7.20. The molecule has 1 N–H and O–H groups in total. The number of hydrogen-bond acceptors (Lipinski definition) is 5. The Labute approximate surface area is 169 Å². The molecule has 1 amide bonds. The van der Waals surface area contributed by atoms with Gasteiger partial charge in [0, 0.05) is 11.9 Å². The second kappa shape index (κ2) is 6.89. The molecule has 0 saturated carbocycles. The number of ether oxygens (including phenoxy) is 2. The molecule has 0 aliphatic carbocycles. The molecule has 2 aromatic carbocycles. The fourth-order valence-electron chi connectivity index (χ4n) is 3.24. The summed E-state index contributed by atoms with van der Waals surface area (Å²) in [5.41, 5.74) is 2.49. The van der Waals surface area contributed by atoms with E-state index in [9.17, 15) is 9.18 Å². The van der Waals surface area contributed by atoms with E-state index in [-0.39, 0.29) is 18.5 Å². The average Bonchev–Trinajstić information content (AvgIpc) is 3.43. The van der Waals surface area contributed by atoms with Gasteiger partial charge < -0.3 is 14.8 Å². The van der Waals surface area contributed by atoms with Crippen LogP contribution in [0.25, 0.3) is 15.9 Å². The molecule has 0 saturated heterocycles. The van der Waals surface area contributed by atoms with Gasteiger partial charge in [-0.3, -0.25) is 4.79 Å². The minimum atomic E-state index is -0.302. The third-order valence-corrected chi connectivity index (χ3v) is 5.84. The number of amides is 1. The summed E-state index contributed by atoms with van der Waals surface area (Å²) in [5, 5.41) is 8.37. The third-order valence-electron chi connectivity index (χ3n) is 4.73. The van der Waals surface area contributed by atoms with E-state index in [1.165, 1.54) is 23.5 Å². The normalized spacial score (nSPS) is 12.5. The molecule has 0 spiro atoms. The quantitative estimate of drug-likeness (QED) is 0.549. The van der Waals surface area contributed by atoms with Crippen molar-refractivity contribution in [2.45, 2.75) is 13.5 Å². The van der Waals surface area contributed by atoms with Crippen molar-refractivity contribution in [2.75, 3.05) is 6.79 Å². The molecular formula is C21H16FN3O3S. The lowest BCUT2D eigenvalue weighted by Gasteiger charge is -2.05. The van der Waals surface area contributed by atoms with Crippen LogP contribution in [-0.4, -0.2) is 22.5 Å². The van der Waals surface area contributed by atoms with Crippen LogP contribution in [-0.2, 0) is 6.54 Å². The number of benzene rings is 2. The molecule has 0 radical (unpaired) electrons. The number of nitrogens with zero attached hydrogens (tertiary/aromatic N) is 2. The zero-order valence-corrected chi connectivity index (χ0v) is 16.3. The number of aryl methyl sites for hydroxylation is 1. The minimum absolute atomic E-state index is 0.158. The van der Waals surface area contributed by atoms with Crippen LogP contribution in [0.15, 0.2) is 48.5 Å². The Bertz CT molecular complexity index is 1230. The van der Waals surface area contributed by atoms with Crippen molar-refractivity contribution in [1.29, 1.82) is 0 Å². The Morgan fingerprint density at radius 1 is 1.17 bits per heavy atom. The molecule has 0 atom stereocenters. The Kier molecular flexibility index (Phi) is 4.21. The smallest absolute Gasteiger partial charge is 0.261 e. The average molecular weight is 409 g/mol. The lowest BCUT2D eigenvalue weighted by atomic mass is 10.2. The number of halogens is 1. The van der Waals surface area contributed by atoms with Gasteiger partial charge >= 0.3 is 0 Å². The highest BCUT2D eigenvalue weighted by Gasteiger charge is 2.18. The topological polar surface area (TPSA) is 65.4 Å². The first kappa shape index (κ1) is 17.7. The van der Waals surface area contributed by atoms with Crippen LogP contribution < -0.4 is 14.8 Å². The highest BCUT2D eigenvalue weighted by Crippen LogP contribution is 2.33. The van der Waals surface area contributed by atoms with Crippen LogP contribution in [0.1, 0.15) is 20.9 Å². The van der Waals surface area contributed by atoms with E-state index in [1.807, 2.05) is 31.2 Å². The molecule has 1 aliphatic rings. The molecule has 146 valence electrons. The molecule has 4 aromatic rings. The van der Waals surface area contributed by atoms with Crippen molar-refractivity contribution in [3.63, 3.8) is 0 Å². The number of carbonyl (C=O) groups is 1. The van der Waals surface area contributed by atoms with Crippen molar-refractivity contribution in [3.05, 3.63) is 70.5 Å². The summed E-state index contributed by atoms with van der Waals surface area (Å²) in [7, 11) is 0. The highest BCUT2D eigenvalue weighted by atomic mass is 32.1. The molecular weight excluding hydrogens is 393 g/mol. The maximum Gasteiger partial charge on any atom is 0.261 e. The molecule has 0 unspecified atom stereocenters. The summed E-state index contributed by atoms with van der Waals surface area (Å²) in [5.74, 6) is 0.941. The van der Waals surface area contributed by atoms with Crippen molar-refractivity contribution < 1.29 is 18.7 Å². The van der Waals surface area contributed by atoms with Gasteiger partial charge in [0.25, 0.3) is 5.91 Å². The van der Waals surface area contributed by atoms with Gasteiger partial charge in [0.15, 0.2) is 11.5 Å². The summed E-state index contributed by atoms with van der Waals surface area (Å²) in [6, 6.07) is 13.6. The second-order valence-electron chi connectivity index (χ2n) is 6.67. The largest absolute Gasteiger partial charge is 0.454 e. The maximum absolute atomic E-state index is 13.2. The Morgan fingerprint density at radius 3 is 2.79 bits per heavy atom. The number of fused-ring (bicyclic) bond motifs is 2. The first-order valence-corrected chi connectivity index (χ1v) is 9.82. The Hall–Kier alpha value is -3.39. The van der Waals surface area contributed by atoms with Crippen molar-refractivity contribution in [2.24, 2.45) is 0 Å². The first-order chi connectivity index (χ1) is 14.1. The van der Waals surface area contributed by atoms with Gasteiger partial charge in [-0.1, -0.05) is 6.07 Å². The molecule has 29 heavy (non-hydrogen) atoms. The molecule has 5 rings (SSSR count). The van der Waals surface area contributed by atoms with Gasteiger partial charge in [-0.2, -0.15) is 5.10 Å². The van der Waals surface area contributed by atoms with Crippen molar-refractivity contribution in [3.8, 4) is 17.2 Å². The molecule has 3 heterocycles. The van der Waals surface area contributed by atoms with E-state index in [0.717, 1.165) is 27.2 Å². The first-order valence-electron chi connectivity index (χ1n) is 9.00. The van der Waals surface area contributed by atoms with Gasteiger partial charge in [0.05, 0.1) is 16.3 Å². The van der Waals surface area contributed by atoms with E-state index in [2.05, 4.69) is 10.4 Å². The monoisotopic (exact) mass is 409 g/mol. The lowest BCUT2D eigenvalue weighted by molar-refractivity contribution is 0.0955. The van der Waals surface area contributed by atoms with Crippen LogP contribution in [0.2, 0.25) is 0 Å². The van der Waals surface area contributed by atoms with E-state index in [0.29, 0.717) is 22.9 Å². The Morgan fingerprint density at radius 2 is 1.97 bits per heavy atom. The molecule has 0 bridgehead atoms. The predicted octanol–water partition coefficient (Wildman–Crippen LogP) is 4.19. The number of carbonyl (C=O) groups excluding carboxylic acids is 1. The van der Waals surface area contributed by atoms with Crippen LogP contribution >= 0.6 is 11.3 Å². The van der Waals surface area contributed by atoms with Crippen LogP contribution in [0.3, 0.4) is 0 Å². The second-order valence-corrected chi connectivity index (χ2v) is 7.70. The fourth-order valence-corrected chi connectivity index (χ4v) is 4.34. The van der Waals surface area contributed by atoms with E-state index >= 15 is 0 Å². The van der Waals surface area contributed by atoms with Gasteiger partial charge in [0.1, 0.15) is 10.6 Å². The van der Waals surface area contributed by atoms with Crippen LogP contribution in [0.5, 0.6) is 11.5 Å².